The van der Waals surface area contributed by atoms with Crippen LogP contribution < -0.4 is 4.90 Å². The molecule has 5 rings (SSSR count). The standard InChI is InChI=1S/C22H28ClN5O/c1-15-20(23)22-24-21(18-5-3-4-6-19(18)28(22)25-15)26(2)17-7-10-27(11-8-17)13-16-9-12-29-14-16/h3-6,16-17H,7-14H2,1-2H3/t16-/m0/s1. The van der Waals surface area contributed by atoms with Crippen molar-refractivity contribution in [1.29, 1.82) is 0 Å². The zero-order valence-electron chi connectivity index (χ0n) is 17.1. The number of para-hydroxylation sites is 1. The molecule has 0 spiro atoms. The quantitative estimate of drug-likeness (QED) is 0.651. The van der Waals surface area contributed by atoms with Crippen LogP contribution in [0, 0.1) is 12.8 Å². The van der Waals surface area contributed by atoms with E-state index in [0.717, 1.165) is 67.2 Å². The predicted octanol–water partition coefficient (Wildman–Crippen LogP) is 3.78. The lowest BCUT2D eigenvalue weighted by molar-refractivity contribution is 0.152. The third-order valence-corrected chi connectivity index (χ3v) is 6.97. The Labute approximate surface area is 176 Å². The Morgan fingerprint density at radius 3 is 2.76 bits per heavy atom. The minimum atomic E-state index is 0.479. The average molecular weight is 414 g/mol. The highest BCUT2D eigenvalue weighted by Crippen LogP contribution is 2.32. The van der Waals surface area contributed by atoms with Gasteiger partial charge >= 0.3 is 0 Å². The first kappa shape index (κ1) is 19.1. The number of hydrogen-bond donors (Lipinski definition) is 0. The third-order valence-electron chi connectivity index (χ3n) is 6.53. The van der Waals surface area contributed by atoms with Crippen molar-refractivity contribution >= 4 is 34.0 Å². The largest absolute Gasteiger partial charge is 0.381 e. The number of likely N-dealkylation sites (tertiary alicyclic amines) is 1. The molecular weight excluding hydrogens is 386 g/mol. The summed E-state index contributed by atoms with van der Waals surface area (Å²) >= 11 is 6.52. The van der Waals surface area contributed by atoms with Gasteiger partial charge < -0.3 is 14.5 Å². The summed E-state index contributed by atoms with van der Waals surface area (Å²) in [7, 11) is 2.17. The Morgan fingerprint density at radius 2 is 2.00 bits per heavy atom. The Morgan fingerprint density at radius 1 is 1.21 bits per heavy atom. The minimum Gasteiger partial charge on any atom is -0.381 e. The molecule has 0 N–H and O–H groups in total. The van der Waals surface area contributed by atoms with Crippen molar-refractivity contribution in [2.75, 3.05) is 44.8 Å². The van der Waals surface area contributed by atoms with E-state index in [0.29, 0.717) is 17.0 Å². The second-order valence-corrected chi connectivity index (χ2v) is 8.84. The van der Waals surface area contributed by atoms with E-state index < -0.39 is 0 Å². The van der Waals surface area contributed by atoms with Gasteiger partial charge in [0, 0.05) is 44.7 Å². The van der Waals surface area contributed by atoms with Gasteiger partial charge in [-0.15, -0.1) is 0 Å². The number of halogens is 1. The van der Waals surface area contributed by atoms with Gasteiger partial charge in [-0.1, -0.05) is 23.7 Å². The molecular formula is C22H28ClN5O. The fourth-order valence-electron chi connectivity index (χ4n) is 4.79. The molecule has 6 nitrogen and oxygen atoms in total. The van der Waals surface area contributed by atoms with Crippen LogP contribution in [0.5, 0.6) is 0 Å². The van der Waals surface area contributed by atoms with Gasteiger partial charge in [-0.2, -0.15) is 5.10 Å². The number of fused-ring (bicyclic) bond motifs is 3. The first-order valence-electron chi connectivity index (χ1n) is 10.6. The highest BCUT2D eigenvalue weighted by Gasteiger charge is 2.27. The molecule has 1 atom stereocenters. The second-order valence-electron chi connectivity index (χ2n) is 8.46. The number of anilines is 1. The number of aromatic nitrogens is 3. The van der Waals surface area contributed by atoms with Crippen LogP contribution in [0.3, 0.4) is 0 Å². The number of piperidine rings is 1. The number of hydrogen-bond acceptors (Lipinski definition) is 5. The SMILES string of the molecule is Cc1nn2c(nc(N(C)C3CCN(C[C@@H]4CCOC4)CC3)c3ccccc32)c1Cl. The Bertz CT molecular complexity index is 1020. The number of nitrogens with zero attached hydrogens (tertiary/aromatic N) is 5. The molecule has 154 valence electrons. The van der Waals surface area contributed by atoms with Gasteiger partial charge in [-0.05, 0) is 44.2 Å². The van der Waals surface area contributed by atoms with E-state index in [4.69, 9.17) is 21.3 Å². The topological polar surface area (TPSA) is 45.9 Å². The molecule has 4 heterocycles. The summed E-state index contributed by atoms with van der Waals surface area (Å²) in [4.78, 5) is 9.93. The molecule has 2 aromatic heterocycles. The summed E-state index contributed by atoms with van der Waals surface area (Å²) in [5, 5.41) is 6.36. The van der Waals surface area contributed by atoms with Crippen molar-refractivity contribution in [3.05, 3.63) is 35.0 Å². The monoisotopic (exact) mass is 413 g/mol. The van der Waals surface area contributed by atoms with Crippen LogP contribution in [0.15, 0.2) is 24.3 Å². The molecule has 29 heavy (non-hydrogen) atoms. The van der Waals surface area contributed by atoms with Gasteiger partial charge in [0.1, 0.15) is 10.8 Å². The first-order valence-corrected chi connectivity index (χ1v) is 11.0. The molecule has 0 aliphatic carbocycles. The maximum atomic E-state index is 6.52. The van der Waals surface area contributed by atoms with E-state index in [1.165, 1.54) is 13.0 Å². The van der Waals surface area contributed by atoms with Gasteiger partial charge in [0.05, 0.1) is 17.8 Å². The van der Waals surface area contributed by atoms with Gasteiger partial charge in [-0.25, -0.2) is 9.50 Å². The summed E-state index contributed by atoms with van der Waals surface area (Å²) in [5.74, 6) is 1.71. The molecule has 3 aromatic rings. The third kappa shape index (κ3) is 3.47. The van der Waals surface area contributed by atoms with E-state index in [1.807, 2.05) is 17.5 Å². The highest BCUT2D eigenvalue weighted by atomic mass is 35.5. The molecule has 1 aromatic carbocycles. The molecule has 7 heteroatoms. The van der Waals surface area contributed by atoms with Crippen LogP contribution in [0.4, 0.5) is 5.82 Å². The van der Waals surface area contributed by atoms with Crippen molar-refractivity contribution < 1.29 is 4.74 Å². The number of aryl methyl sites for hydroxylation is 1. The van der Waals surface area contributed by atoms with Gasteiger partial charge in [0.2, 0.25) is 0 Å². The van der Waals surface area contributed by atoms with E-state index in [1.54, 1.807) is 0 Å². The van der Waals surface area contributed by atoms with Crippen LogP contribution in [-0.4, -0.2) is 65.4 Å². The molecule has 2 fully saturated rings. The molecule has 2 aliphatic heterocycles. The number of ether oxygens (including phenoxy) is 1. The van der Waals surface area contributed by atoms with Crippen LogP contribution in [0.1, 0.15) is 25.0 Å². The lowest BCUT2D eigenvalue weighted by atomic mass is 10.0. The maximum Gasteiger partial charge on any atom is 0.176 e. The molecule has 0 bridgehead atoms. The van der Waals surface area contributed by atoms with E-state index in [2.05, 4.69) is 40.1 Å². The van der Waals surface area contributed by atoms with Crippen LogP contribution >= 0.6 is 11.6 Å². The maximum absolute atomic E-state index is 6.52. The van der Waals surface area contributed by atoms with E-state index in [9.17, 15) is 0 Å². The van der Waals surface area contributed by atoms with Crippen LogP contribution in [-0.2, 0) is 4.74 Å². The summed E-state index contributed by atoms with van der Waals surface area (Å²) in [5.41, 5.74) is 2.60. The van der Waals surface area contributed by atoms with Crippen molar-refractivity contribution in [3.8, 4) is 0 Å². The molecule has 0 saturated carbocycles. The lowest BCUT2D eigenvalue weighted by Crippen LogP contribution is -2.45. The Hall–Kier alpha value is -1.89. The summed E-state index contributed by atoms with van der Waals surface area (Å²) in [6.45, 7) is 7.24. The van der Waals surface area contributed by atoms with Crippen molar-refractivity contribution in [2.45, 2.75) is 32.2 Å². The molecule has 2 saturated heterocycles. The number of rotatable bonds is 4. The Kier molecular flexibility index (Phi) is 5.10. The molecule has 0 unspecified atom stereocenters. The summed E-state index contributed by atoms with van der Waals surface area (Å²) in [6, 6.07) is 8.82. The zero-order chi connectivity index (χ0) is 20.0. The van der Waals surface area contributed by atoms with Crippen LogP contribution in [0.25, 0.3) is 16.6 Å². The molecule has 0 amide bonds. The fraction of sp³-hybridized carbons (Fsp3) is 0.545. The van der Waals surface area contributed by atoms with Gasteiger partial charge in [0.15, 0.2) is 5.65 Å². The van der Waals surface area contributed by atoms with E-state index in [-0.39, 0.29) is 0 Å². The molecule has 2 aliphatic rings. The molecule has 0 radical (unpaired) electrons. The van der Waals surface area contributed by atoms with Gasteiger partial charge in [0.25, 0.3) is 0 Å². The van der Waals surface area contributed by atoms with Crippen molar-refractivity contribution in [1.82, 2.24) is 19.5 Å². The summed E-state index contributed by atoms with van der Waals surface area (Å²) in [6.07, 6.45) is 3.51. The minimum absolute atomic E-state index is 0.479. The van der Waals surface area contributed by atoms with Crippen molar-refractivity contribution in [3.63, 3.8) is 0 Å². The predicted molar refractivity (Wildman–Crippen MR) is 117 cm³/mol. The van der Waals surface area contributed by atoms with Gasteiger partial charge in [-0.3, -0.25) is 0 Å². The van der Waals surface area contributed by atoms with E-state index >= 15 is 0 Å². The summed E-state index contributed by atoms with van der Waals surface area (Å²) < 4.78 is 7.41. The smallest absolute Gasteiger partial charge is 0.176 e. The first-order chi connectivity index (χ1) is 14.1. The zero-order valence-corrected chi connectivity index (χ0v) is 17.9. The average Bonchev–Trinajstić information content (AvgIpc) is 3.36. The van der Waals surface area contributed by atoms with Crippen molar-refractivity contribution in [2.24, 2.45) is 5.92 Å². The highest BCUT2D eigenvalue weighted by molar-refractivity contribution is 6.34. The lowest BCUT2D eigenvalue weighted by Gasteiger charge is -2.38. The number of benzene rings is 1. The van der Waals surface area contributed by atoms with Crippen LogP contribution in [0.2, 0.25) is 5.02 Å². The fourth-order valence-corrected chi connectivity index (χ4v) is 4.95. The normalized spacial score (nSPS) is 21.4. The second kappa shape index (κ2) is 7.74. The Balaban J connectivity index is 1.40.